The zero-order chi connectivity index (χ0) is 13.3. The highest BCUT2D eigenvalue weighted by molar-refractivity contribution is 5.83. The van der Waals surface area contributed by atoms with Crippen molar-refractivity contribution in [2.75, 3.05) is 6.54 Å². The molecule has 0 radical (unpaired) electrons. The van der Waals surface area contributed by atoms with Crippen LogP contribution in [0.1, 0.15) is 26.1 Å². The summed E-state index contributed by atoms with van der Waals surface area (Å²) in [6.45, 7) is 6.24. The Kier molecular flexibility index (Phi) is 3.36. The van der Waals surface area contributed by atoms with Crippen LogP contribution in [0, 0.1) is 0 Å². The van der Waals surface area contributed by atoms with E-state index in [1.807, 2.05) is 4.57 Å². The number of hydrogen-bond donors (Lipinski definition) is 2. The number of rotatable bonds is 4. The normalized spacial score (nSPS) is 21.1. The summed E-state index contributed by atoms with van der Waals surface area (Å²) in [5.74, 6) is 0.487. The zero-order valence-corrected chi connectivity index (χ0v) is 10.8. The first-order chi connectivity index (χ1) is 8.40. The fourth-order valence-electron chi connectivity index (χ4n) is 2.30. The Balaban J connectivity index is 1.99. The summed E-state index contributed by atoms with van der Waals surface area (Å²) in [4.78, 5) is 13.5. The maximum absolute atomic E-state index is 11.2. The molecule has 2 unspecified atom stereocenters. The van der Waals surface area contributed by atoms with Gasteiger partial charge in [0, 0.05) is 19.1 Å². The van der Waals surface area contributed by atoms with Crippen LogP contribution in [-0.4, -0.2) is 43.7 Å². The summed E-state index contributed by atoms with van der Waals surface area (Å²) in [6, 6.07) is 0.179. The molecule has 1 aromatic heterocycles. The molecular weight excluding hydrogens is 232 g/mol. The standard InChI is InChI=1S/C11H20N6O/c1-8(5-11(2,13)10(12)18)16-3-4-17-7-14-15-9(17)6-16/h7-8H,3-6,13H2,1-2H3,(H2,12,18). The molecule has 1 amide bonds. The van der Waals surface area contributed by atoms with E-state index < -0.39 is 11.4 Å². The Morgan fingerprint density at radius 1 is 1.61 bits per heavy atom. The molecule has 0 spiro atoms. The molecule has 0 bridgehead atoms. The lowest BCUT2D eigenvalue weighted by atomic mass is 9.93. The van der Waals surface area contributed by atoms with Gasteiger partial charge >= 0.3 is 0 Å². The largest absolute Gasteiger partial charge is 0.368 e. The molecule has 4 N–H and O–H groups in total. The van der Waals surface area contributed by atoms with Gasteiger partial charge in [-0.25, -0.2) is 0 Å². The van der Waals surface area contributed by atoms with E-state index in [2.05, 4.69) is 22.0 Å². The molecule has 7 nitrogen and oxygen atoms in total. The van der Waals surface area contributed by atoms with Crippen molar-refractivity contribution < 1.29 is 4.79 Å². The maximum atomic E-state index is 11.2. The minimum Gasteiger partial charge on any atom is -0.368 e. The van der Waals surface area contributed by atoms with Crippen LogP contribution in [0.4, 0.5) is 0 Å². The van der Waals surface area contributed by atoms with Crippen LogP contribution in [0.25, 0.3) is 0 Å². The van der Waals surface area contributed by atoms with Gasteiger partial charge in [-0.05, 0) is 20.3 Å². The van der Waals surface area contributed by atoms with Crippen LogP contribution >= 0.6 is 0 Å². The van der Waals surface area contributed by atoms with E-state index in [0.29, 0.717) is 6.42 Å². The van der Waals surface area contributed by atoms with Gasteiger partial charge in [0.2, 0.25) is 5.91 Å². The second-order valence-corrected chi connectivity index (χ2v) is 5.25. The van der Waals surface area contributed by atoms with Crippen LogP contribution in [0.3, 0.4) is 0 Å². The SMILES string of the molecule is CC(CC(C)(N)C(N)=O)N1CCn2cnnc2C1. The third-order valence-corrected chi connectivity index (χ3v) is 3.57. The molecule has 2 rings (SSSR count). The molecule has 2 heterocycles. The molecule has 0 aromatic carbocycles. The number of carbonyl (C=O) groups is 1. The van der Waals surface area contributed by atoms with Gasteiger partial charge in [-0.1, -0.05) is 0 Å². The topological polar surface area (TPSA) is 103 Å². The molecule has 1 aliphatic heterocycles. The van der Waals surface area contributed by atoms with Crippen LogP contribution < -0.4 is 11.5 Å². The second-order valence-electron chi connectivity index (χ2n) is 5.25. The molecule has 0 aliphatic carbocycles. The first-order valence-corrected chi connectivity index (χ1v) is 6.09. The van der Waals surface area contributed by atoms with Crippen LogP contribution in [0.5, 0.6) is 0 Å². The third-order valence-electron chi connectivity index (χ3n) is 3.57. The number of aromatic nitrogens is 3. The molecule has 0 saturated heterocycles. The average molecular weight is 252 g/mol. The van der Waals surface area contributed by atoms with E-state index in [1.165, 1.54) is 0 Å². The molecule has 7 heteroatoms. The summed E-state index contributed by atoms with van der Waals surface area (Å²) in [5, 5.41) is 7.96. The minimum atomic E-state index is -0.968. The Morgan fingerprint density at radius 2 is 2.33 bits per heavy atom. The smallest absolute Gasteiger partial charge is 0.237 e. The quantitative estimate of drug-likeness (QED) is 0.721. The van der Waals surface area contributed by atoms with Crippen molar-refractivity contribution in [3.8, 4) is 0 Å². The zero-order valence-electron chi connectivity index (χ0n) is 10.8. The van der Waals surface area contributed by atoms with E-state index in [-0.39, 0.29) is 6.04 Å². The summed E-state index contributed by atoms with van der Waals surface area (Å²) in [6.07, 6.45) is 2.28. The van der Waals surface area contributed by atoms with Gasteiger partial charge in [0.15, 0.2) is 0 Å². The molecule has 0 fully saturated rings. The summed E-state index contributed by atoms with van der Waals surface area (Å²) in [7, 11) is 0. The van der Waals surface area contributed by atoms with Crippen molar-refractivity contribution in [2.24, 2.45) is 11.5 Å². The Labute approximate surface area is 106 Å². The lowest BCUT2D eigenvalue weighted by molar-refractivity contribution is -0.123. The fourth-order valence-corrected chi connectivity index (χ4v) is 2.30. The van der Waals surface area contributed by atoms with Crippen LogP contribution in [0.15, 0.2) is 6.33 Å². The highest BCUT2D eigenvalue weighted by Crippen LogP contribution is 2.18. The summed E-state index contributed by atoms with van der Waals surface area (Å²) < 4.78 is 2.04. The molecule has 2 atom stereocenters. The van der Waals surface area contributed by atoms with Gasteiger partial charge in [0.25, 0.3) is 0 Å². The van der Waals surface area contributed by atoms with Gasteiger partial charge in [0.05, 0.1) is 12.1 Å². The van der Waals surface area contributed by atoms with E-state index >= 15 is 0 Å². The number of hydrogen-bond acceptors (Lipinski definition) is 5. The fraction of sp³-hybridized carbons (Fsp3) is 0.727. The number of nitrogens with two attached hydrogens (primary N) is 2. The van der Waals surface area contributed by atoms with Crippen molar-refractivity contribution in [2.45, 2.75) is 44.9 Å². The average Bonchev–Trinajstić information content (AvgIpc) is 2.74. The first kappa shape index (κ1) is 13.0. The number of primary amides is 1. The molecule has 100 valence electrons. The van der Waals surface area contributed by atoms with Crippen molar-refractivity contribution in [3.05, 3.63) is 12.2 Å². The van der Waals surface area contributed by atoms with Gasteiger partial charge in [-0.3, -0.25) is 9.69 Å². The van der Waals surface area contributed by atoms with Crippen molar-refractivity contribution in [1.82, 2.24) is 19.7 Å². The summed E-state index contributed by atoms with van der Waals surface area (Å²) >= 11 is 0. The van der Waals surface area contributed by atoms with Crippen molar-refractivity contribution in [3.63, 3.8) is 0 Å². The van der Waals surface area contributed by atoms with Crippen LogP contribution in [-0.2, 0) is 17.9 Å². The Morgan fingerprint density at radius 3 is 3.00 bits per heavy atom. The number of amides is 1. The number of fused-ring (bicyclic) bond motifs is 1. The Bertz CT molecular complexity index is 440. The molecule has 0 saturated carbocycles. The number of nitrogens with zero attached hydrogens (tertiary/aromatic N) is 4. The van der Waals surface area contributed by atoms with Crippen molar-refractivity contribution in [1.29, 1.82) is 0 Å². The minimum absolute atomic E-state index is 0.179. The highest BCUT2D eigenvalue weighted by Gasteiger charge is 2.31. The van der Waals surface area contributed by atoms with E-state index in [0.717, 1.165) is 25.5 Å². The molecule has 18 heavy (non-hydrogen) atoms. The van der Waals surface area contributed by atoms with E-state index in [1.54, 1.807) is 13.3 Å². The van der Waals surface area contributed by atoms with Crippen LogP contribution in [0.2, 0.25) is 0 Å². The monoisotopic (exact) mass is 252 g/mol. The number of carbonyl (C=O) groups excluding carboxylic acids is 1. The predicted octanol–water partition coefficient (Wildman–Crippen LogP) is -0.925. The molecule has 1 aromatic rings. The van der Waals surface area contributed by atoms with Gasteiger partial charge in [-0.2, -0.15) is 0 Å². The summed E-state index contributed by atoms with van der Waals surface area (Å²) in [5.41, 5.74) is 10.2. The van der Waals surface area contributed by atoms with Gasteiger partial charge < -0.3 is 16.0 Å². The first-order valence-electron chi connectivity index (χ1n) is 6.09. The van der Waals surface area contributed by atoms with Gasteiger partial charge in [-0.15, -0.1) is 10.2 Å². The second kappa shape index (κ2) is 4.66. The maximum Gasteiger partial charge on any atom is 0.237 e. The lowest BCUT2D eigenvalue weighted by Crippen LogP contribution is -2.54. The van der Waals surface area contributed by atoms with Gasteiger partial charge in [0.1, 0.15) is 12.2 Å². The molecular formula is C11H20N6O. The van der Waals surface area contributed by atoms with E-state index in [9.17, 15) is 4.79 Å². The molecule has 1 aliphatic rings. The predicted molar refractivity (Wildman–Crippen MR) is 66.3 cm³/mol. The van der Waals surface area contributed by atoms with Crippen molar-refractivity contribution >= 4 is 5.91 Å². The Hall–Kier alpha value is -1.47. The lowest BCUT2D eigenvalue weighted by Gasteiger charge is -2.35. The van der Waals surface area contributed by atoms with E-state index in [4.69, 9.17) is 11.5 Å². The third kappa shape index (κ3) is 2.51. The highest BCUT2D eigenvalue weighted by atomic mass is 16.1.